The summed E-state index contributed by atoms with van der Waals surface area (Å²) < 4.78 is 0. The lowest BCUT2D eigenvalue weighted by Crippen LogP contribution is -2.14. The summed E-state index contributed by atoms with van der Waals surface area (Å²) in [7, 11) is 0. The molecule has 0 aromatic rings. The van der Waals surface area contributed by atoms with E-state index in [9.17, 15) is 0 Å². The van der Waals surface area contributed by atoms with Crippen LogP contribution in [0.15, 0.2) is 0 Å². The molecule has 68 valence electrons. The van der Waals surface area contributed by atoms with Crippen LogP contribution in [0.2, 0.25) is 0 Å². The molecule has 0 bridgehead atoms. The Bertz CT molecular complexity index is 70.8. The van der Waals surface area contributed by atoms with Crippen molar-refractivity contribution >= 4 is 48.8 Å². The Morgan fingerprint density at radius 2 is 2.00 bits per heavy atom. The van der Waals surface area contributed by atoms with E-state index in [1.165, 1.54) is 17.3 Å². The highest BCUT2D eigenvalue weighted by atomic mass is 32.2. The van der Waals surface area contributed by atoms with Gasteiger partial charge in [0.2, 0.25) is 0 Å². The summed E-state index contributed by atoms with van der Waals surface area (Å²) in [6, 6.07) is 0. The van der Waals surface area contributed by atoms with E-state index in [2.05, 4.69) is 48.8 Å². The summed E-state index contributed by atoms with van der Waals surface area (Å²) in [5, 5.41) is 0.831. The topological polar surface area (TPSA) is 0 Å². The smallest absolute Gasteiger partial charge is 0.0226 e. The molecule has 0 spiro atoms. The second-order valence-electron chi connectivity index (χ2n) is 2.07. The lowest BCUT2D eigenvalue weighted by molar-refractivity contribution is 1.14. The average molecular weight is 228 g/mol. The maximum Gasteiger partial charge on any atom is 0.0226 e. The molecule has 0 aromatic heterocycles. The molecule has 1 aliphatic heterocycles. The molecule has 0 N–H and O–H groups in total. The molecule has 0 aromatic carbocycles. The van der Waals surface area contributed by atoms with Crippen LogP contribution in [0.25, 0.3) is 0 Å². The minimum Gasteiger partial charge on any atom is -0.180 e. The van der Waals surface area contributed by atoms with E-state index in [0.717, 1.165) is 16.8 Å². The lowest BCUT2D eigenvalue weighted by Gasteiger charge is -2.17. The van der Waals surface area contributed by atoms with Gasteiger partial charge in [-0.1, -0.05) is 6.92 Å². The summed E-state index contributed by atoms with van der Waals surface area (Å²) >= 11 is 12.1. The van der Waals surface area contributed by atoms with Gasteiger partial charge >= 0.3 is 0 Å². The molecule has 0 aliphatic carbocycles. The van der Waals surface area contributed by atoms with Crippen molar-refractivity contribution in [2.24, 2.45) is 0 Å². The Kier molecular flexibility index (Phi) is 10.7. The van der Waals surface area contributed by atoms with Gasteiger partial charge in [-0.3, -0.25) is 0 Å². The molecular formula is C7H16S4. The molecule has 0 nitrogen and oxygen atoms in total. The number of thioether (sulfide) groups is 2. The second kappa shape index (κ2) is 9.49. The second-order valence-corrected chi connectivity index (χ2v) is 5.62. The van der Waals surface area contributed by atoms with Crippen molar-refractivity contribution in [3.8, 4) is 0 Å². The summed E-state index contributed by atoms with van der Waals surface area (Å²) in [6.45, 7) is 1.99. The van der Waals surface area contributed by atoms with E-state index in [0.29, 0.717) is 0 Å². The van der Waals surface area contributed by atoms with Gasteiger partial charge in [0, 0.05) is 28.3 Å². The van der Waals surface area contributed by atoms with E-state index in [-0.39, 0.29) is 0 Å². The van der Waals surface area contributed by atoms with Crippen LogP contribution < -0.4 is 0 Å². The molecule has 1 heterocycles. The quantitative estimate of drug-likeness (QED) is 0.662. The summed E-state index contributed by atoms with van der Waals surface area (Å²) in [6.07, 6.45) is 0. The van der Waals surface area contributed by atoms with Gasteiger partial charge in [0.25, 0.3) is 0 Å². The standard InChI is InChI=1S/C5H10S3.C2H6S/c6-3-5-4-7-1-2-8-5;1-2-3/h5-6H,1-4H2;3H,2H2,1H3. The van der Waals surface area contributed by atoms with Crippen LogP contribution in [0.5, 0.6) is 0 Å². The largest absolute Gasteiger partial charge is 0.180 e. The van der Waals surface area contributed by atoms with E-state index >= 15 is 0 Å². The first-order valence-corrected chi connectivity index (χ1v) is 7.23. The Hall–Kier alpha value is 1.40. The molecule has 1 fully saturated rings. The molecule has 1 aliphatic rings. The van der Waals surface area contributed by atoms with Crippen molar-refractivity contribution in [3.05, 3.63) is 0 Å². The van der Waals surface area contributed by atoms with Crippen molar-refractivity contribution in [1.82, 2.24) is 0 Å². The van der Waals surface area contributed by atoms with Gasteiger partial charge in [0.05, 0.1) is 0 Å². The maximum atomic E-state index is 4.23. The van der Waals surface area contributed by atoms with Crippen LogP contribution in [0.3, 0.4) is 0 Å². The predicted octanol–water partition coefficient (Wildman–Crippen LogP) is 2.70. The Morgan fingerprint density at radius 1 is 1.36 bits per heavy atom. The number of hydrogen-bond donors (Lipinski definition) is 2. The van der Waals surface area contributed by atoms with E-state index in [1.807, 2.05) is 6.92 Å². The van der Waals surface area contributed by atoms with Gasteiger partial charge in [-0.2, -0.15) is 48.8 Å². The third kappa shape index (κ3) is 7.75. The molecule has 0 saturated carbocycles. The molecule has 1 atom stereocenters. The van der Waals surface area contributed by atoms with Gasteiger partial charge in [-0.15, -0.1) is 0 Å². The SMILES string of the molecule is CCS.SCC1CSCCS1. The fourth-order valence-corrected chi connectivity index (χ4v) is 3.78. The predicted molar refractivity (Wildman–Crippen MR) is 67.0 cm³/mol. The zero-order valence-corrected chi connectivity index (χ0v) is 10.2. The van der Waals surface area contributed by atoms with Crippen molar-refractivity contribution in [2.45, 2.75) is 12.2 Å². The third-order valence-corrected chi connectivity index (χ3v) is 4.62. The molecule has 1 saturated heterocycles. The molecule has 0 amide bonds. The van der Waals surface area contributed by atoms with Gasteiger partial charge < -0.3 is 0 Å². The van der Waals surface area contributed by atoms with Crippen LogP contribution in [0.1, 0.15) is 6.92 Å². The van der Waals surface area contributed by atoms with Crippen molar-refractivity contribution < 1.29 is 0 Å². The fraction of sp³-hybridized carbons (Fsp3) is 1.00. The van der Waals surface area contributed by atoms with Gasteiger partial charge in [-0.25, -0.2) is 0 Å². The first-order chi connectivity index (χ1) is 5.35. The number of thiol groups is 2. The molecule has 4 heteroatoms. The Morgan fingerprint density at radius 3 is 2.27 bits per heavy atom. The minimum atomic E-state index is 0.831. The lowest BCUT2D eigenvalue weighted by atomic mass is 10.5. The van der Waals surface area contributed by atoms with Crippen LogP contribution in [0, 0.1) is 0 Å². The van der Waals surface area contributed by atoms with Crippen molar-refractivity contribution in [1.29, 1.82) is 0 Å². The first-order valence-electron chi connectivity index (χ1n) is 3.76. The Balaban J connectivity index is 0.000000292. The van der Waals surface area contributed by atoms with E-state index in [4.69, 9.17) is 0 Å². The number of hydrogen-bond acceptors (Lipinski definition) is 4. The summed E-state index contributed by atoms with van der Waals surface area (Å²) in [5.74, 6) is 5.98. The highest BCUT2D eigenvalue weighted by Crippen LogP contribution is 2.24. The third-order valence-electron chi connectivity index (χ3n) is 1.09. The fourth-order valence-electron chi connectivity index (χ4n) is 0.642. The minimum absolute atomic E-state index is 0.831. The molecule has 1 rings (SSSR count). The molecule has 0 radical (unpaired) electrons. The van der Waals surface area contributed by atoms with E-state index < -0.39 is 0 Å². The van der Waals surface area contributed by atoms with Gasteiger partial charge in [0.15, 0.2) is 0 Å². The summed E-state index contributed by atoms with van der Waals surface area (Å²) in [4.78, 5) is 0. The van der Waals surface area contributed by atoms with Crippen LogP contribution in [-0.4, -0.2) is 34.0 Å². The van der Waals surface area contributed by atoms with Crippen LogP contribution in [0.4, 0.5) is 0 Å². The van der Waals surface area contributed by atoms with Crippen molar-refractivity contribution in [3.63, 3.8) is 0 Å². The molecular weight excluding hydrogens is 212 g/mol. The Labute approximate surface area is 89.5 Å². The first kappa shape index (κ1) is 12.4. The monoisotopic (exact) mass is 228 g/mol. The molecule has 11 heavy (non-hydrogen) atoms. The molecule has 1 unspecified atom stereocenters. The van der Waals surface area contributed by atoms with Gasteiger partial charge in [-0.05, 0) is 5.75 Å². The number of rotatable bonds is 1. The zero-order valence-electron chi connectivity index (χ0n) is 6.82. The van der Waals surface area contributed by atoms with E-state index in [1.54, 1.807) is 0 Å². The van der Waals surface area contributed by atoms with Gasteiger partial charge in [0.1, 0.15) is 0 Å². The normalized spacial score (nSPS) is 23.7. The highest BCUT2D eigenvalue weighted by molar-refractivity contribution is 8.07. The maximum absolute atomic E-state index is 4.23. The highest BCUT2D eigenvalue weighted by Gasteiger charge is 2.10. The van der Waals surface area contributed by atoms with Crippen molar-refractivity contribution in [2.75, 3.05) is 28.8 Å². The van der Waals surface area contributed by atoms with Crippen LogP contribution >= 0.6 is 48.8 Å². The van der Waals surface area contributed by atoms with Crippen LogP contribution in [-0.2, 0) is 0 Å². The average Bonchev–Trinajstić information content (AvgIpc) is 2.08. The summed E-state index contributed by atoms with van der Waals surface area (Å²) in [5.41, 5.74) is 0. The zero-order chi connectivity index (χ0) is 8.53.